The van der Waals surface area contributed by atoms with Gasteiger partial charge in [0, 0.05) is 19.3 Å². The van der Waals surface area contributed by atoms with Crippen LogP contribution in [0.5, 0.6) is 0 Å². The highest BCUT2D eigenvalue weighted by Gasteiger charge is 2.19. The zero-order chi connectivity index (χ0) is 43.7. The molecule has 0 saturated carbocycles. The lowest BCUT2D eigenvalue weighted by Crippen LogP contribution is -2.30. The van der Waals surface area contributed by atoms with Gasteiger partial charge in [0.25, 0.3) is 0 Å². The van der Waals surface area contributed by atoms with Crippen LogP contribution in [0.25, 0.3) is 0 Å². The number of hydrogen-bond donors (Lipinski definition) is 0. The summed E-state index contributed by atoms with van der Waals surface area (Å²) < 4.78 is 16.8. The first-order chi connectivity index (χ1) is 29.5. The van der Waals surface area contributed by atoms with E-state index < -0.39 is 6.10 Å². The van der Waals surface area contributed by atoms with Gasteiger partial charge in [0.2, 0.25) is 0 Å². The van der Waals surface area contributed by atoms with Crippen molar-refractivity contribution < 1.29 is 28.6 Å². The Morgan fingerprint density at radius 3 is 0.833 bits per heavy atom. The number of carbonyl (C=O) groups excluding carboxylic acids is 3. The van der Waals surface area contributed by atoms with E-state index in [0.29, 0.717) is 19.3 Å². The van der Waals surface area contributed by atoms with Crippen LogP contribution in [0.2, 0.25) is 0 Å². The van der Waals surface area contributed by atoms with E-state index in [9.17, 15) is 14.4 Å². The van der Waals surface area contributed by atoms with Crippen molar-refractivity contribution in [3.63, 3.8) is 0 Å². The largest absolute Gasteiger partial charge is 0.462 e. The molecule has 0 heterocycles. The predicted octanol–water partition coefficient (Wildman–Crippen LogP) is 17.2. The fourth-order valence-electron chi connectivity index (χ4n) is 7.67. The van der Waals surface area contributed by atoms with Gasteiger partial charge in [0.15, 0.2) is 6.10 Å². The number of allylic oxidation sites excluding steroid dienone is 4. The molecule has 0 radical (unpaired) electrons. The predicted molar refractivity (Wildman–Crippen MR) is 256 cm³/mol. The lowest BCUT2D eigenvalue weighted by atomic mass is 10.1. The van der Waals surface area contributed by atoms with Crippen molar-refractivity contribution in [3.8, 4) is 0 Å². The van der Waals surface area contributed by atoms with Crippen LogP contribution in [0.3, 0.4) is 0 Å². The van der Waals surface area contributed by atoms with Gasteiger partial charge in [-0.15, -0.1) is 0 Å². The molecule has 0 aliphatic heterocycles. The molecule has 0 aromatic rings. The average molecular weight is 845 g/mol. The minimum Gasteiger partial charge on any atom is -0.462 e. The number of hydrogen-bond acceptors (Lipinski definition) is 6. The van der Waals surface area contributed by atoms with Crippen molar-refractivity contribution in [3.05, 3.63) is 24.3 Å². The molecule has 1 atom stereocenters. The summed E-state index contributed by atoms with van der Waals surface area (Å²) in [5.41, 5.74) is 0. The summed E-state index contributed by atoms with van der Waals surface area (Å²) in [6.45, 7) is 6.63. The molecule has 6 nitrogen and oxygen atoms in total. The standard InChI is InChI=1S/C54H100O6/c1-4-7-10-13-16-19-21-23-25-27-29-30-32-35-38-41-44-47-53(56)59-50-51(49-58-52(55)46-43-40-37-34-18-15-12-9-6-3)60-54(57)48-45-42-39-36-33-31-28-26-24-22-20-17-14-11-8-5-2/h23,25-26,28,51H,4-22,24,27,29-50H2,1-3H3/b25-23-,28-26-. The first-order valence-electron chi connectivity index (χ1n) is 26.3. The molecule has 0 N–H and O–H groups in total. The minimum atomic E-state index is -0.772. The Bertz CT molecular complexity index is 973. The first-order valence-corrected chi connectivity index (χ1v) is 26.3. The van der Waals surface area contributed by atoms with Crippen LogP contribution in [0.1, 0.15) is 284 Å². The molecule has 0 aliphatic rings. The Balaban J connectivity index is 4.30. The second-order valence-electron chi connectivity index (χ2n) is 17.8. The SMILES string of the molecule is CCCCCCCC/C=C\CCCCCCCCCC(=O)OCC(COC(=O)CCCCCCCCCCC)OC(=O)CCCCCCC/C=C\CCCCCCCCC. The number of carbonyl (C=O) groups is 3. The Labute approximate surface area is 373 Å². The smallest absolute Gasteiger partial charge is 0.306 e. The molecule has 352 valence electrons. The summed E-state index contributed by atoms with van der Waals surface area (Å²) in [6.07, 6.45) is 55.9. The van der Waals surface area contributed by atoms with E-state index in [1.165, 1.54) is 180 Å². The molecule has 6 heteroatoms. The van der Waals surface area contributed by atoms with E-state index >= 15 is 0 Å². The second kappa shape index (κ2) is 49.5. The van der Waals surface area contributed by atoms with Gasteiger partial charge in [-0.3, -0.25) is 14.4 Å². The van der Waals surface area contributed by atoms with Gasteiger partial charge in [-0.2, -0.15) is 0 Å². The number of ether oxygens (including phenoxy) is 3. The summed E-state index contributed by atoms with van der Waals surface area (Å²) in [6, 6.07) is 0. The zero-order valence-corrected chi connectivity index (χ0v) is 40.2. The van der Waals surface area contributed by atoms with Crippen LogP contribution in [0, 0.1) is 0 Å². The number of esters is 3. The Hall–Kier alpha value is -2.11. The topological polar surface area (TPSA) is 78.9 Å². The van der Waals surface area contributed by atoms with Crippen LogP contribution >= 0.6 is 0 Å². The van der Waals surface area contributed by atoms with E-state index in [1.54, 1.807) is 0 Å². The van der Waals surface area contributed by atoms with Gasteiger partial charge >= 0.3 is 17.9 Å². The number of unbranched alkanes of at least 4 members (excludes halogenated alkanes) is 33. The van der Waals surface area contributed by atoms with E-state index in [0.717, 1.165) is 64.2 Å². The van der Waals surface area contributed by atoms with Crippen LogP contribution in [0.4, 0.5) is 0 Å². The van der Waals surface area contributed by atoms with Gasteiger partial charge in [-0.25, -0.2) is 0 Å². The molecule has 0 aliphatic carbocycles. The first kappa shape index (κ1) is 57.9. The average Bonchev–Trinajstić information content (AvgIpc) is 3.24. The molecule has 0 aromatic heterocycles. The minimum absolute atomic E-state index is 0.0727. The maximum absolute atomic E-state index is 12.8. The summed E-state index contributed by atoms with van der Waals surface area (Å²) in [7, 11) is 0. The van der Waals surface area contributed by atoms with Crippen molar-refractivity contribution in [1.29, 1.82) is 0 Å². The summed E-state index contributed by atoms with van der Waals surface area (Å²) >= 11 is 0. The zero-order valence-electron chi connectivity index (χ0n) is 40.2. The van der Waals surface area contributed by atoms with Crippen molar-refractivity contribution >= 4 is 17.9 Å². The lowest BCUT2D eigenvalue weighted by molar-refractivity contribution is -0.167. The number of rotatable bonds is 48. The van der Waals surface area contributed by atoms with E-state index in [2.05, 4.69) is 45.1 Å². The fraction of sp³-hybridized carbons (Fsp3) is 0.870. The molecule has 0 fully saturated rings. The third kappa shape index (κ3) is 46.9. The molecular weight excluding hydrogens is 745 g/mol. The second-order valence-corrected chi connectivity index (χ2v) is 17.8. The van der Waals surface area contributed by atoms with Crippen LogP contribution < -0.4 is 0 Å². The fourth-order valence-corrected chi connectivity index (χ4v) is 7.67. The van der Waals surface area contributed by atoms with Gasteiger partial charge in [0.05, 0.1) is 0 Å². The normalized spacial score (nSPS) is 12.1. The van der Waals surface area contributed by atoms with E-state index in [-0.39, 0.29) is 31.1 Å². The highest BCUT2D eigenvalue weighted by Crippen LogP contribution is 2.15. The van der Waals surface area contributed by atoms with Gasteiger partial charge in [0.1, 0.15) is 13.2 Å². The third-order valence-electron chi connectivity index (χ3n) is 11.7. The summed E-state index contributed by atoms with van der Waals surface area (Å²) in [5.74, 6) is -0.876. The monoisotopic (exact) mass is 845 g/mol. The highest BCUT2D eigenvalue weighted by atomic mass is 16.6. The highest BCUT2D eigenvalue weighted by molar-refractivity contribution is 5.71. The van der Waals surface area contributed by atoms with Crippen LogP contribution in [-0.4, -0.2) is 37.2 Å². The maximum atomic E-state index is 12.8. The summed E-state index contributed by atoms with van der Waals surface area (Å²) in [5, 5.41) is 0. The third-order valence-corrected chi connectivity index (χ3v) is 11.7. The van der Waals surface area contributed by atoms with Crippen LogP contribution in [0.15, 0.2) is 24.3 Å². The molecule has 0 bridgehead atoms. The molecule has 0 rings (SSSR count). The van der Waals surface area contributed by atoms with Crippen molar-refractivity contribution in [2.45, 2.75) is 290 Å². The Morgan fingerprint density at radius 1 is 0.317 bits per heavy atom. The summed E-state index contributed by atoms with van der Waals surface area (Å²) in [4.78, 5) is 37.9. The molecule has 0 amide bonds. The van der Waals surface area contributed by atoms with E-state index in [1.807, 2.05) is 0 Å². The van der Waals surface area contributed by atoms with Crippen LogP contribution in [-0.2, 0) is 28.6 Å². The molecule has 0 spiro atoms. The molecule has 60 heavy (non-hydrogen) atoms. The Morgan fingerprint density at radius 2 is 0.550 bits per heavy atom. The van der Waals surface area contributed by atoms with Gasteiger partial charge in [-0.1, -0.05) is 218 Å². The van der Waals surface area contributed by atoms with E-state index in [4.69, 9.17) is 14.2 Å². The maximum Gasteiger partial charge on any atom is 0.306 e. The lowest BCUT2D eigenvalue weighted by Gasteiger charge is -2.18. The molecule has 0 aromatic carbocycles. The van der Waals surface area contributed by atoms with Crippen molar-refractivity contribution in [2.24, 2.45) is 0 Å². The molecule has 1 unspecified atom stereocenters. The van der Waals surface area contributed by atoms with Gasteiger partial charge < -0.3 is 14.2 Å². The molecule has 0 saturated heterocycles. The van der Waals surface area contributed by atoms with Gasteiger partial charge in [-0.05, 0) is 70.6 Å². The van der Waals surface area contributed by atoms with Crippen molar-refractivity contribution in [1.82, 2.24) is 0 Å². The Kier molecular flexibility index (Phi) is 47.8. The molecular formula is C54H100O6. The van der Waals surface area contributed by atoms with Crippen molar-refractivity contribution in [2.75, 3.05) is 13.2 Å². The quantitative estimate of drug-likeness (QED) is 0.0263.